The highest BCUT2D eigenvalue weighted by Crippen LogP contribution is 2.03. The third-order valence-electron chi connectivity index (χ3n) is 1.70. The minimum Gasteiger partial charge on any atom is -0.369 e. The number of aromatic nitrogens is 3. The summed E-state index contributed by atoms with van der Waals surface area (Å²) in [6, 6.07) is 3.61. The van der Waals surface area contributed by atoms with Crippen molar-refractivity contribution in [3.63, 3.8) is 0 Å². The fourth-order valence-corrected chi connectivity index (χ4v) is 1.18. The standard InChI is InChI=1S/C8H8N4O/c9-7(13)4-6-5-10-8-2-1-3-11-12(6)8/h1-3,5H,4H2,(H2,9,13). The van der Waals surface area contributed by atoms with Gasteiger partial charge in [-0.3, -0.25) is 4.79 Å². The van der Waals surface area contributed by atoms with Crippen molar-refractivity contribution in [1.82, 2.24) is 14.6 Å². The van der Waals surface area contributed by atoms with Crippen molar-refractivity contribution in [2.45, 2.75) is 6.42 Å². The van der Waals surface area contributed by atoms with Gasteiger partial charge >= 0.3 is 0 Å². The normalized spacial score (nSPS) is 10.5. The fourth-order valence-electron chi connectivity index (χ4n) is 1.18. The first-order valence-corrected chi connectivity index (χ1v) is 3.83. The topological polar surface area (TPSA) is 73.3 Å². The number of amides is 1. The molecular weight excluding hydrogens is 168 g/mol. The van der Waals surface area contributed by atoms with Crippen LogP contribution in [0.25, 0.3) is 5.65 Å². The molecule has 0 atom stereocenters. The number of nitrogens with two attached hydrogens (primary N) is 1. The van der Waals surface area contributed by atoms with E-state index in [1.54, 1.807) is 23.0 Å². The molecule has 5 nitrogen and oxygen atoms in total. The summed E-state index contributed by atoms with van der Waals surface area (Å²) >= 11 is 0. The first kappa shape index (κ1) is 7.72. The van der Waals surface area contributed by atoms with E-state index in [2.05, 4.69) is 10.1 Å². The SMILES string of the molecule is NC(=O)Cc1cnc2cccnn12. The predicted molar refractivity (Wildman–Crippen MR) is 45.9 cm³/mol. The van der Waals surface area contributed by atoms with Crippen molar-refractivity contribution in [3.05, 3.63) is 30.2 Å². The number of hydrogen-bond acceptors (Lipinski definition) is 3. The van der Waals surface area contributed by atoms with Crippen LogP contribution in [0.4, 0.5) is 0 Å². The van der Waals surface area contributed by atoms with Crippen molar-refractivity contribution < 1.29 is 4.79 Å². The Morgan fingerprint density at radius 2 is 2.46 bits per heavy atom. The molecule has 2 heterocycles. The number of rotatable bonds is 2. The lowest BCUT2D eigenvalue weighted by atomic mass is 10.3. The number of primary amides is 1. The molecule has 1 amide bonds. The second-order valence-corrected chi connectivity index (χ2v) is 2.69. The second-order valence-electron chi connectivity index (χ2n) is 2.69. The van der Waals surface area contributed by atoms with Gasteiger partial charge in [0.25, 0.3) is 0 Å². The average Bonchev–Trinajstić information content (AvgIpc) is 2.48. The Morgan fingerprint density at radius 1 is 1.62 bits per heavy atom. The molecule has 0 bridgehead atoms. The van der Waals surface area contributed by atoms with Gasteiger partial charge in [0.15, 0.2) is 5.65 Å². The highest BCUT2D eigenvalue weighted by Gasteiger charge is 2.05. The quantitative estimate of drug-likeness (QED) is 0.686. The van der Waals surface area contributed by atoms with Crippen LogP contribution >= 0.6 is 0 Å². The molecule has 0 aliphatic carbocycles. The van der Waals surface area contributed by atoms with Gasteiger partial charge in [0, 0.05) is 6.20 Å². The molecule has 0 aliphatic heterocycles. The summed E-state index contributed by atoms with van der Waals surface area (Å²) in [6.07, 6.45) is 3.41. The molecule has 0 saturated heterocycles. The van der Waals surface area contributed by atoms with E-state index < -0.39 is 0 Å². The highest BCUT2D eigenvalue weighted by molar-refractivity contribution is 5.76. The summed E-state index contributed by atoms with van der Waals surface area (Å²) in [5, 5.41) is 4.04. The van der Waals surface area contributed by atoms with E-state index in [1.807, 2.05) is 6.07 Å². The summed E-state index contributed by atoms with van der Waals surface area (Å²) < 4.78 is 1.60. The lowest BCUT2D eigenvalue weighted by molar-refractivity contribution is -0.117. The number of hydrogen-bond donors (Lipinski definition) is 1. The summed E-state index contributed by atoms with van der Waals surface area (Å²) in [5.41, 5.74) is 6.50. The number of fused-ring (bicyclic) bond motifs is 1. The van der Waals surface area contributed by atoms with E-state index in [0.717, 1.165) is 5.65 Å². The lowest BCUT2D eigenvalue weighted by Gasteiger charge is -1.95. The molecular formula is C8H8N4O. The molecule has 0 fully saturated rings. The second kappa shape index (κ2) is 2.85. The molecule has 0 aliphatic rings. The fraction of sp³-hybridized carbons (Fsp3) is 0.125. The Kier molecular flexibility index (Phi) is 1.70. The molecule has 2 rings (SSSR count). The molecule has 66 valence electrons. The lowest BCUT2D eigenvalue weighted by Crippen LogP contribution is -2.15. The van der Waals surface area contributed by atoms with Crippen LogP contribution in [-0.4, -0.2) is 20.5 Å². The van der Waals surface area contributed by atoms with Gasteiger partial charge in [-0.15, -0.1) is 0 Å². The number of imidazole rings is 1. The van der Waals surface area contributed by atoms with Crippen LogP contribution < -0.4 is 5.73 Å². The monoisotopic (exact) mass is 176 g/mol. The molecule has 5 heteroatoms. The molecule has 2 aromatic heterocycles. The van der Waals surface area contributed by atoms with E-state index in [9.17, 15) is 4.79 Å². The van der Waals surface area contributed by atoms with E-state index in [-0.39, 0.29) is 12.3 Å². The molecule has 13 heavy (non-hydrogen) atoms. The summed E-state index contributed by atoms with van der Waals surface area (Å²) in [7, 11) is 0. The summed E-state index contributed by atoms with van der Waals surface area (Å²) in [5.74, 6) is -0.382. The average molecular weight is 176 g/mol. The molecule has 0 unspecified atom stereocenters. The zero-order valence-corrected chi connectivity index (χ0v) is 6.84. The van der Waals surface area contributed by atoms with E-state index >= 15 is 0 Å². The minimum absolute atomic E-state index is 0.165. The maximum Gasteiger partial charge on any atom is 0.223 e. The molecule has 0 saturated carbocycles. The van der Waals surface area contributed by atoms with Crippen molar-refractivity contribution in [1.29, 1.82) is 0 Å². The first-order valence-electron chi connectivity index (χ1n) is 3.83. The molecule has 2 N–H and O–H groups in total. The van der Waals surface area contributed by atoms with Crippen LogP contribution in [0.15, 0.2) is 24.5 Å². The number of carbonyl (C=O) groups is 1. The smallest absolute Gasteiger partial charge is 0.223 e. The predicted octanol–water partition coefficient (Wildman–Crippen LogP) is -0.243. The maximum absolute atomic E-state index is 10.7. The van der Waals surface area contributed by atoms with Gasteiger partial charge in [0.2, 0.25) is 5.91 Å². The zero-order valence-electron chi connectivity index (χ0n) is 6.84. The number of nitrogens with zero attached hydrogens (tertiary/aromatic N) is 3. The van der Waals surface area contributed by atoms with Crippen LogP contribution in [0.1, 0.15) is 5.69 Å². The van der Waals surface area contributed by atoms with Crippen LogP contribution in [0.5, 0.6) is 0 Å². The van der Waals surface area contributed by atoms with Crippen molar-refractivity contribution in [3.8, 4) is 0 Å². The molecule has 2 aromatic rings. The minimum atomic E-state index is -0.382. The van der Waals surface area contributed by atoms with Crippen LogP contribution in [0.3, 0.4) is 0 Å². The van der Waals surface area contributed by atoms with Gasteiger partial charge in [-0.1, -0.05) is 0 Å². The van der Waals surface area contributed by atoms with E-state index in [4.69, 9.17) is 5.73 Å². The Bertz CT molecular complexity index is 448. The Hall–Kier alpha value is -1.91. The number of carbonyl (C=O) groups excluding carboxylic acids is 1. The van der Waals surface area contributed by atoms with E-state index in [1.165, 1.54) is 0 Å². The van der Waals surface area contributed by atoms with Gasteiger partial charge in [-0.25, -0.2) is 9.50 Å². The van der Waals surface area contributed by atoms with Gasteiger partial charge in [0.1, 0.15) is 0 Å². The van der Waals surface area contributed by atoms with Gasteiger partial charge in [-0.2, -0.15) is 5.10 Å². The molecule has 0 aromatic carbocycles. The summed E-state index contributed by atoms with van der Waals surface area (Å²) in [6.45, 7) is 0. The third kappa shape index (κ3) is 1.35. The van der Waals surface area contributed by atoms with Gasteiger partial charge in [-0.05, 0) is 12.1 Å². The Labute approximate surface area is 74.2 Å². The molecule has 0 spiro atoms. The largest absolute Gasteiger partial charge is 0.369 e. The third-order valence-corrected chi connectivity index (χ3v) is 1.70. The van der Waals surface area contributed by atoms with Crippen molar-refractivity contribution in [2.75, 3.05) is 0 Å². The Balaban J connectivity index is 2.51. The van der Waals surface area contributed by atoms with Crippen LogP contribution in [0.2, 0.25) is 0 Å². The molecule has 0 radical (unpaired) electrons. The van der Waals surface area contributed by atoms with Crippen LogP contribution in [-0.2, 0) is 11.2 Å². The maximum atomic E-state index is 10.7. The highest BCUT2D eigenvalue weighted by atomic mass is 16.1. The van der Waals surface area contributed by atoms with Crippen molar-refractivity contribution >= 4 is 11.6 Å². The first-order chi connectivity index (χ1) is 6.27. The van der Waals surface area contributed by atoms with Crippen molar-refractivity contribution in [2.24, 2.45) is 5.73 Å². The Morgan fingerprint density at radius 3 is 3.23 bits per heavy atom. The van der Waals surface area contributed by atoms with Gasteiger partial charge < -0.3 is 5.73 Å². The van der Waals surface area contributed by atoms with Gasteiger partial charge in [0.05, 0.1) is 18.3 Å². The van der Waals surface area contributed by atoms with Crippen LogP contribution in [0, 0.1) is 0 Å². The summed E-state index contributed by atoms with van der Waals surface area (Å²) in [4.78, 5) is 14.7. The van der Waals surface area contributed by atoms with E-state index in [0.29, 0.717) is 5.69 Å². The zero-order chi connectivity index (χ0) is 9.26.